The molecule has 1 saturated carbocycles. The summed E-state index contributed by atoms with van der Waals surface area (Å²) in [5.74, 6) is -0.857. The van der Waals surface area contributed by atoms with E-state index in [2.05, 4.69) is 0 Å². The van der Waals surface area contributed by atoms with E-state index in [4.69, 9.17) is 9.84 Å². The van der Waals surface area contributed by atoms with Crippen molar-refractivity contribution in [3.63, 3.8) is 0 Å². The molecule has 2 rings (SSSR count). The van der Waals surface area contributed by atoms with Gasteiger partial charge in [-0.25, -0.2) is 0 Å². The number of likely N-dealkylation sites (tertiary alicyclic amines) is 1. The summed E-state index contributed by atoms with van der Waals surface area (Å²) in [6, 6.07) is 0. The molecule has 1 N–H and O–H groups in total. The first-order valence-electron chi connectivity index (χ1n) is 6.04. The predicted molar refractivity (Wildman–Crippen MR) is 60.5 cm³/mol. The molecule has 2 atom stereocenters. The maximum Gasteiger partial charge on any atom is 0.307 e. The molecule has 2 aliphatic rings. The fourth-order valence-corrected chi connectivity index (χ4v) is 2.78. The monoisotopic (exact) mass is 241 g/mol. The van der Waals surface area contributed by atoms with Crippen LogP contribution in [0.15, 0.2) is 0 Å². The summed E-state index contributed by atoms with van der Waals surface area (Å²) in [4.78, 5) is 24.6. The zero-order valence-electron chi connectivity index (χ0n) is 10.3. The molecule has 17 heavy (non-hydrogen) atoms. The molecule has 96 valence electrons. The Morgan fingerprint density at radius 3 is 2.41 bits per heavy atom. The molecule has 0 bridgehead atoms. The molecule has 1 saturated heterocycles. The van der Waals surface area contributed by atoms with E-state index in [0.717, 1.165) is 19.3 Å². The van der Waals surface area contributed by atoms with Crippen molar-refractivity contribution in [2.24, 2.45) is 11.3 Å². The van der Waals surface area contributed by atoms with Gasteiger partial charge in [-0.1, -0.05) is 0 Å². The van der Waals surface area contributed by atoms with Crippen LogP contribution in [0.25, 0.3) is 0 Å². The third-order valence-electron chi connectivity index (χ3n) is 4.26. The van der Waals surface area contributed by atoms with Gasteiger partial charge < -0.3 is 14.7 Å². The SMILES string of the molecule is COC(C)C(=O)N1CCC2(CC1)CC2C(=O)O. The number of nitrogens with zero attached hydrogens (tertiary/aromatic N) is 1. The number of amides is 1. The highest BCUT2D eigenvalue weighted by molar-refractivity contribution is 5.81. The number of carbonyl (C=O) groups is 2. The van der Waals surface area contributed by atoms with Crippen molar-refractivity contribution >= 4 is 11.9 Å². The van der Waals surface area contributed by atoms with Crippen LogP contribution >= 0.6 is 0 Å². The lowest BCUT2D eigenvalue weighted by molar-refractivity contribution is -0.143. The van der Waals surface area contributed by atoms with Crippen LogP contribution in [0.1, 0.15) is 26.2 Å². The normalized spacial score (nSPS) is 27.9. The molecular weight excluding hydrogens is 222 g/mol. The Labute approximate surface area is 101 Å². The molecule has 5 heteroatoms. The molecule has 0 aromatic carbocycles. The van der Waals surface area contributed by atoms with E-state index in [-0.39, 0.29) is 17.2 Å². The summed E-state index contributed by atoms with van der Waals surface area (Å²) in [5, 5.41) is 8.97. The quantitative estimate of drug-likeness (QED) is 0.791. The largest absolute Gasteiger partial charge is 0.481 e. The van der Waals surface area contributed by atoms with Crippen LogP contribution in [0.5, 0.6) is 0 Å². The fraction of sp³-hybridized carbons (Fsp3) is 0.833. The van der Waals surface area contributed by atoms with E-state index in [1.807, 2.05) is 0 Å². The summed E-state index contributed by atoms with van der Waals surface area (Å²) in [5.41, 5.74) is -0.0150. The van der Waals surface area contributed by atoms with Gasteiger partial charge in [0.1, 0.15) is 6.10 Å². The van der Waals surface area contributed by atoms with E-state index in [1.54, 1.807) is 11.8 Å². The lowest BCUT2D eigenvalue weighted by Gasteiger charge is -2.33. The van der Waals surface area contributed by atoms with Crippen LogP contribution < -0.4 is 0 Å². The number of aliphatic carboxylic acids is 1. The summed E-state index contributed by atoms with van der Waals surface area (Å²) >= 11 is 0. The van der Waals surface area contributed by atoms with Gasteiger partial charge in [0.05, 0.1) is 5.92 Å². The van der Waals surface area contributed by atoms with Gasteiger partial charge in [0.25, 0.3) is 5.91 Å². The van der Waals surface area contributed by atoms with Crippen LogP contribution in [0, 0.1) is 11.3 Å². The van der Waals surface area contributed by atoms with Crippen molar-refractivity contribution in [3.8, 4) is 0 Å². The molecule has 0 aromatic rings. The highest BCUT2D eigenvalue weighted by atomic mass is 16.5. The number of hydrogen-bond acceptors (Lipinski definition) is 3. The zero-order valence-corrected chi connectivity index (χ0v) is 10.3. The first kappa shape index (κ1) is 12.4. The first-order valence-corrected chi connectivity index (χ1v) is 6.04. The second-order valence-corrected chi connectivity index (χ2v) is 5.16. The number of ether oxygens (including phenoxy) is 1. The molecule has 0 aromatic heterocycles. The Bertz CT molecular complexity index is 333. The molecule has 2 unspecified atom stereocenters. The van der Waals surface area contributed by atoms with Gasteiger partial charge in [0.15, 0.2) is 0 Å². The molecule has 1 spiro atoms. The first-order chi connectivity index (χ1) is 8.00. The van der Waals surface area contributed by atoms with Crippen molar-refractivity contribution in [1.82, 2.24) is 4.90 Å². The van der Waals surface area contributed by atoms with Crippen molar-refractivity contribution in [1.29, 1.82) is 0 Å². The van der Waals surface area contributed by atoms with Gasteiger partial charge in [-0.3, -0.25) is 9.59 Å². The van der Waals surface area contributed by atoms with Crippen molar-refractivity contribution in [3.05, 3.63) is 0 Å². The van der Waals surface area contributed by atoms with Gasteiger partial charge in [0, 0.05) is 20.2 Å². The average Bonchev–Trinajstić information content (AvgIpc) is 3.03. The third-order valence-corrected chi connectivity index (χ3v) is 4.26. The minimum absolute atomic E-state index is 0.00914. The molecule has 5 nitrogen and oxygen atoms in total. The van der Waals surface area contributed by atoms with Crippen LogP contribution in [0.4, 0.5) is 0 Å². The minimum atomic E-state index is -0.685. The Balaban J connectivity index is 1.87. The van der Waals surface area contributed by atoms with E-state index < -0.39 is 12.1 Å². The number of piperidine rings is 1. The van der Waals surface area contributed by atoms with Gasteiger partial charge >= 0.3 is 5.97 Å². The van der Waals surface area contributed by atoms with Crippen LogP contribution in [0.3, 0.4) is 0 Å². The summed E-state index contributed by atoms with van der Waals surface area (Å²) in [6.07, 6.45) is 2.00. The standard InChI is InChI=1S/C12H19NO4/c1-8(17-2)10(14)13-5-3-12(4-6-13)7-9(12)11(15)16/h8-9H,3-7H2,1-2H3,(H,15,16). The molecule has 0 radical (unpaired) electrons. The number of rotatable bonds is 3. The number of carbonyl (C=O) groups excluding carboxylic acids is 1. The number of carboxylic acid groups (broad SMARTS) is 1. The predicted octanol–water partition coefficient (Wildman–Crippen LogP) is 0.735. The van der Waals surface area contributed by atoms with E-state index in [9.17, 15) is 9.59 Å². The third kappa shape index (κ3) is 2.16. The molecule has 1 aliphatic carbocycles. The van der Waals surface area contributed by atoms with Crippen LogP contribution in [-0.4, -0.2) is 48.2 Å². The smallest absolute Gasteiger partial charge is 0.307 e. The van der Waals surface area contributed by atoms with Crippen LogP contribution in [0.2, 0.25) is 0 Å². The van der Waals surface area contributed by atoms with Crippen molar-refractivity contribution < 1.29 is 19.4 Å². The molecule has 1 heterocycles. The van der Waals surface area contributed by atoms with Crippen molar-refractivity contribution in [2.45, 2.75) is 32.3 Å². The topological polar surface area (TPSA) is 66.8 Å². The summed E-state index contributed by atoms with van der Waals surface area (Å²) in [6.45, 7) is 3.07. The second-order valence-electron chi connectivity index (χ2n) is 5.16. The number of carboxylic acids is 1. The molecule has 1 aliphatic heterocycles. The molecule has 2 fully saturated rings. The minimum Gasteiger partial charge on any atom is -0.481 e. The Kier molecular flexibility index (Phi) is 3.12. The Morgan fingerprint density at radius 1 is 1.41 bits per heavy atom. The number of hydrogen-bond donors (Lipinski definition) is 1. The summed E-state index contributed by atoms with van der Waals surface area (Å²) < 4.78 is 5.01. The Morgan fingerprint density at radius 2 is 2.00 bits per heavy atom. The maximum absolute atomic E-state index is 11.9. The van der Waals surface area contributed by atoms with Gasteiger partial charge in [-0.05, 0) is 31.6 Å². The average molecular weight is 241 g/mol. The highest BCUT2D eigenvalue weighted by Gasteiger charge is 2.59. The second kappa shape index (κ2) is 4.29. The fourth-order valence-electron chi connectivity index (χ4n) is 2.78. The lowest BCUT2D eigenvalue weighted by Crippen LogP contribution is -2.44. The van der Waals surface area contributed by atoms with E-state index in [0.29, 0.717) is 13.1 Å². The zero-order chi connectivity index (χ0) is 12.6. The highest BCUT2D eigenvalue weighted by Crippen LogP contribution is 2.59. The van der Waals surface area contributed by atoms with E-state index in [1.165, 1.54) is 7.11 Å². The van der Waals surface area contributed by atoms with Crippen molar-refractivity contribution in [2.75, 3.05) is 20.2 Å². The molecular formula is C12H19NO4. The van der Waals surface area contributed by atoms with Crippen LogP contribution in [-0.2, 0) is 14.3 Å². The van der Waals surface area contributed by atoms with Gasteiger partial charge in [0.2, 0.25) is 0 Å². The number of methoxy groups -OCH3 is 1. The maximum atomic E-state index is 11.9. The summed E-state index contributed by atoms with van der Waals surface area (Å²) in [7, 11) is 1.52. The lowest BCUT2D eigenvalue weighted by atomic mass is 9.90. The van der Waals surface area contributed by atoms with Gasteiger partial charge in [-0.2, -0.15) is 0 Å². The molecule has 1 amide bonds. The Hall–Kier alpha value is -1.10. The van der Waals surface area contributed by atoms with Gasteiger partial charge in [-0.15, -0.1) is 0 Å². The van der Waals surface area contributed by atoms with E-state index >= 15 is 0 Å².